The number of para-hydroxylation sites is 1. The second-order valence-corrected chi connectivity index (χ2v) is 4.20. The lowest BCUT2D eigenvalue weighted by molar-refractivity contribution is 0.0698. The smallest absolute Gasteiger partial charge is 0.337 e. The molecule has 0 radical (unpaired) electrons. The first-order valence-electron chi connectivity index (χ1n) is 6.02. The summed E-state index contributed by atoms with van der Waals surface area (Å²) in [4.78, 5) is 15.4. The summed E-state index contributed by atoms with van der Waals surface area (Å²) >= 11 is 0. The van der Waals surface area contributed by atoms with Gasteiger partial charge < -0.3 is 14.8 Å². The molecule has 0 saturated heterocycles. The van der Waals surface area contributed by atoms with Gasteiger partial charge in [-0.15, -0.1) is 0 Å². The molecule has 0 bridgehead atoms. The van der Waals surface area contributed by atoms with Crippen molar-refractivity contribution in [1.82, 2.24) is 9.55 Å². The van der Waals surface area contributed by atoms with Crippen molar-refractivity contribution in [2.75, 3.05) is 6.61 Å². The third kappa shape index (κ3) is 2.51. The van der Waals surface area contributed by atoms with Crippen molar-refractivity contribution < 1.29 is 15.0 Å². The average molecular weight is 248 g/mol. The maximum Gasteiger partial charge on any atom is 0.337 e. The van der Waals surface area contributed by atoms with E-state index in [-0.39, 0.29) is 12.2 Å². The van der Waals surface area contributed by atoms with Gasteiger partial charge >= 0.3 is 5.97 Å². The second kappa shape index (κ2) is 5.64. The zero-order valence-electron chi connectivity index (χ0n) is 10.0. The number of hydrogen-bond donors (Lipinski definition) is 2. The largest absolute Gasteiger partial charge is 0.478 e. The fraction of sp³-hybridized carbons (Fsp3) is 0.385. The molecule has 0 aliphatic rings. The Kier molecular flexibility index (Phi) is 3.94. The Labute approximate surface area is 105 Å². The molecule has 5 heteroatoms. The van der Waals surface area contributed by atoms with Gasteiger partial charge in [0.15, 0.2) is 0 Å². The van der Waals surface area contributed by atoms with Gasteiger partial charge in [-0.1, -0.05) is 6.07 Å². The SMILES string of the molecule is O=C(O)c1cccc2ncn(CCCCCO)c12. The van der Waals surface area contributed by atoms with Gasteiger partial charge in [0.2, 0.25) is 0 Å². The molecule has 0 saturated carbocycles. The van der Waals surface area contributed by atoms with Crippen LogP contribution in [0, 0.1) is 0 Å². The van der Waals surface area contributed by atoms with Gasteiger partial charge in [-0.3, -0.25) is 0 Å². The Morgan fingerprint density at radius 1 is 1.28 bits per heavy atom. The number of rotatable bonds is 6. The fourth-order valence-electron chi connectivity index (χ4n) is 2.04. The standard InChI is InChI=1S/C13H16N2O3/c16-8-3-1-2-7-15-9-14-11-6-4-5-10(12(11)15)13(17)18/h4-6,9,16H,1-3,7-8H2,(H,17,18). The van der Waals surface area contributed by atoms with Crippen LogP contribution >= 0.6 is 0 Å². The monoisotopic (exact) mass is 248 g/mol. The van der Waals surface area contributed by atoms with Gasteiger partial charge in [0.05, 0.1) is 22.9 Å². The van der Waals surface area contributed by atoms with Crippen LogP contribution in [0.15, 0.2) is 24.5 Å². The molecule has 0 aliphatic carbocycles. The number of unbranched alkanes of at least 4 members (excludes halogenated alkanes) is 2. The molecular weight excluding hydrogens is 232 g/mol. The molecule has 0 atom stereocenters. The molecule has 18 heavy (non-hydrogen) atoms. The highest BCUT2D eigenvalue weighted by Gasteiger charge is 2.12. The molecule has 96 valence electrons. The third-order valence-corrected chi connectivity index (χ3v) is 2.93. The number of carboxylic acid groups (broad SMARTS) is 1. The van der Waals surface area contributed by atoms with Gasteiger partial charge in [-0.25, -0.2) is 9.78 Å². The number of carbonyl (C=O) groups is 1. The predicted octanol–water partition coefficient (Wildman–Crippen LogP) is 1.90. The first-order chi connectivity index (χ1) is 8.74. The highest BCUT2D eigenvalue weighted by atomic mass is 16.4. The number of aliphatic hydroxyl groups is 1. The Hall–Kier alpha value is -1.88. The average Bonchev–Trinajstić information content (AvgIpc) is 2.77. The Morgan fingerprint density at radius 2 is 2.11 bits per heavy atom. The van der Waals surface area contributed by atoms with E-state index in [4.69, 9.17) is 10.2 Å². The van der Waals surface area contributed by atoms with E-state index in [9.17, 15) is 4.79 Å². The Morgan fingerprint density at radius 3 is 2.83 bits per heavy atom. The second-order valence-electron chi connectivity index (χ2n) is 4.20. The van der Waals surface area contributed by atoms with Crippen molar-refractivity contribution in [2.24, 2.45) is 0 Å². The van der Waals surface area contributed by atoms with Crippen LogP contribution in [0.5, 0.6) is 0 Å². The van der Waals surface area contributed by atoms with Crippen LogP contribution in [0.4, 0.5) is 0 Å². The van der Waals surface area contributed by atoms with Crippen LogP contribution in [0.25, 0.3) is 11.0 Å². The summed E-state index contributed by atoms with van der Waals surface area (Å²) in [7, 11) is 0. The molecule has 2 aromatic rings. The molecule has 1 aromatic carbocycles. The summed E-state index contributed by atoms with van der Waals surface area (Å²) in [6.07, 6.45) is 4.28. The molecule has 1 aromatic heterocycles. The Bertz CT molecular complexity index is 548. The number of carboxylic acids is 1. The topological polar surface area (TPSA) is 75.3 Å². The highest BCUT2D eigenvalue weighted by Crippen LogP contribution is 2.18. The first-order valence-corrected chi connectivity index (χ1v) is 6.02. The van der Waals surface area contributed by atoms with E-state index in [0.717, 1.165) is 25.8 Å². The van der Waals surface area contributed by atoms with Crippen molar-refractivity contribution in [2.45, 2.75) is 25.8 Å². The predicted molar refractivity (Wildman–Crippen MR) is 67.6 cm³/mol. The molecule has 0 aliphatic heterocycles. The van der Waals surface area contributed by atoms with Crippen molar-refractivity contribution in [3.8, 4) is 0 Å². The number of aryl methyl sites for hydroxylation is 1. The van der Waals surface area contributed by atoms with Gasteiger partial charge in [0.25, 0.3) is 0 Å². The van der Waals surface area contributed by atoms with Crippen molar-refractivity contribution in [3.63, 3.8) is 0 Å². The zero-order chi connectivity index (χ0) is 13.0. The molecule has 5 nitrogen and oxygen atoms in total. The normalized spacial score (nSPS) is 10.9. The molecule has 0 unspecified atom stereocenters. The minimum absolute atomic E-state index is 0.199. The van der Waals surface area contributed by atoms with Crippen molar-refractivity contribution >= 4 is 17.0 Å². The lowest BCUT2D eigenvalue weighted by Gasteiger charge is -2.06. The van der Waals surface area contributed by atoms with E-state index in [0.29, 0.717) is 11.0 Å². The third-order valence-electron chi connectivity index (χ3n) is 2.93. The van der Waals surface area contributed by atoms with Crippen LogP contribution in [0.1, 0.15) is 29.6 Å². The minimum atomic E-state index is -0.933. The summed E-state index contributed by atoms with van der Waals surface area (Å²) in [6, 6.07) is 5.11. The Balaban J connectivity index is 2.25. The van der Waals surface area contributed by atoms with Gasteiger partial charge in [-0.2, -0.15) is 0 Å². The summed E-state index contributed by atoms with van der Waals surface area (Å²) in [5.74, 6) is -0.933. The molecular formula is C13H16N2O3. The molecule has 0 spiro atoms. The van der Waals surface area contributed by atoms with Crippen LogP contribution in [0.3, 0.4) is 0 Å². The lowest BCUT2D eigenvalue weighted by Crippen LogP contribution is -2.03. The maximum absolute atomic E-state index is 11.2. The number of aromatic carboxylic acids is 1. The molecule has 0 amide bonds. The van der Waals surface area contributed by atoms with Crippen LogP contribution in [-0.2, 0) is 6.54 Å². The molecule has 2 N–H and O–H groups in total. The van der Waals surface area contributed by atoms with Crippen molar-refractivity contribution in [1.29, 1.82) is 0 Å². The summed E-state index contributed by atoms with van der Waals surface area (Å²) in [5, 5.41) is 17.9. The number of aromatic nitrogens is 2. The zero-order valence-corrected chi connectivity index (χ0v) is 10.0. The van der Waals surface area contributed by atoms with Gasteiger partial charge in [0.1, 0.15) is 0 Å². The quantitative estimate of drug-likeness (QED) is 0.765. The molecule has 1 heterocycles. The summed E-state index contributed by atoms with van der Waals surface area (Å²) in [6.45, 7) is 0.922. The number of imidazole rings is 1. The summed E-state index contributed by atoms with van der Waals surface area (Å²) < 4.78 is 1.87. The highest BCUT2D eigenvalue weighted by molar-refractivity contribution is 6.01. The van der Waals surface area contributed by atoms with E-state index < -0.39 is 5.97 Å². The minimum Gasteiger partial charge on any atom is -0.478 e. The van der Waals surface area contributed by atoms with E-state index in [2.05, 4.69) is 4.98 Å². The number of fused-ring (bicyclic) bond motifs is 1. The number of nitrogens with zero attached hydrogens (tertiary/aromatic N) is 2. The van der Waals surface area contributed by atoms with E-state index >= 15 is 0 Å². The van der Waals surface area contributed by atoms with Gasteiger partial charge in [0, 0.05) is 13.2 Å². The van der Waals surface area contributed by atoms with Crippen molar-refractivity contribution in [3.05, 3.63) is 30.1 Å². The van der Waals surface area contributed by atoms with Gasteiger partial charge in [-0.05, 0) is 31.4 Å². The molecule has 2 rings (SSSR count). The molecule has 0 fully saturated rings. The van der Waals surface area contributed by atoms with E-state index in [1.54, 1.807) is 18.5 Å². The van der Waals surface area contributed by atoms with E-state index in [1.807, 2.05) is 10.6 Å². The number of benzene rings is 1. The summed E-state index contributed by atoms with van der Waals surface area (Å²) in [5.41, 5.74) is 1.67. The van der Waals surface area contributed by atoms with Crippen LogP contribution in [0.2, 0.25) is 0 Å². The number of hydrogen-bond acceptors (Lipinski definition) is 3. The maximum atomic E-state index is 11.2. The fourth-order valence-corrected chi connectivity index (χ4v) is 2.04. The van der Waals surface area contributed by atoms with Crippen LogP contribution in [-0.4, -0.2) is 32.3 Å². The first kappa shape index (κ1) is 12.6. The number of aliphatic hydroxyl groups excluding tert-OH is 1. The van der Waals surface area contributed by atoms with Crippen LogP contribution < -0.4 is 0 Å². The van der Waals surface area contributed by atoms with E-state index in [1.165, 1.54) is 0 Å². The lowest BCUT2D eigenvalue weighted by atomic mass is 10.2.